The highest BCUT2D eigenvalue weighted by molar-refractivity contribution is 14.0. The van der Waals surface area contributed by atoms with Crippen molar-refractivity contribution in [2.75, 3.05) is 20.2 Å². The second kappa shape index (κ2) is 9.93. The van der Waals surface area contributed by atoms with Gasteiger partial charge in [0, 0.05) is 32.6 Å². The number of aromatic nitrogens is 2. The van der Waals surface area contributed by atoms with Crippen LogP contribution >= 0.6 is 24.0 Å². The maximum absolute atomic E-state index is 12.7. The summed E-state index contributed by atoms with van der Waals surface area (Å²) in [6.45, 7) is 4.47. The summed E-state index contributed by atoms with van der Waals surface area (Å²) in [6.07, 6.45) is 2.58. The van der Waals surface area contributed by atoms with Gasteiger partial charge in [0.25, 0.3) is 0 Å². The Morgan fingerprint density at radius 1 is 1.45 bits per heavy atom. The van der Waals surface area contributed by atoms with Crippen LogP contribution in [0.3, 0.4) is 0 Å². The summed E-state index contributed by atoms with van der Waals surface area (Å²) in [5.41, 5.74) is -0.350. The zero-order valence-corrected chi connectivity index (χ0v) is 15.6. The van der Waals surface area contributed by atoms with Crippen LogP contribution in [0, 0.1) is 0 Å². The SMILES string of the molecule is CCNC(=NCc1nccn1C(F)F)NCC(C)(C)OC.I. The Morgan fingerprint density at radius 2 is 2.14 bits per heavy atom. The lowest BCUT2D eigenvalue weighted by Crippen LogP contribution is -2.45. The van der Waals surface area contributed by atoms with E-state index in [1.54, 1.807) is 7.11 Å². The van der Waals surface area contributed by atoms with Crippen LogP contribution in [0.2, 0.25) is 0 Å². The minimum absolute atomic E-state index is 0. The molecule has 0 fully saturated rings. The van der Waals surface area contributed by atoms with E-state index in [1.807, 2.05) is 20.8 Å². The zero-order valence-electron chi connectivity index (χ0n) is 13.3. The van der Waals surface area contributed by atoms with Crippen molar-refractivity contribution in [3.63, 3.8) is 0 Å². The maximum Gasteiger partial charge on any atom is 0.319 e. The number of guanidine groups is 1. The Bertz CT molecular complexity index is 465. The molecule has 0 saturated carbocycles. The normalized spacial score (nSPS) is 12.2. The van der Waals surface area contributed by atoms with Crippen molar-refractivity contribution in [3.8, 4) is 0 Å². The lowest BCUT2D eigenvalue weighted by Gasteiger charge is -2.24. The molecule has 0 saturated heterocycles. The van der Waals surface area contributed by atoms with Gasteiger partial charge in [-0.1, -0.05) is 0 Å². The van der Waals surface area contributed by atoms with E-state index < -0.39 is 6.55 Å². The molecule has 0 aliphatic carbocycles. The smallest absolute Gasteiger partial charge is 0.319 e. The van der Waals surface area contributed by atoms with Gasteiger partial charge in [-0.25, -0.2) is 9.98 Å². The molecule has 0 atom stereocenters. The Kier molecular flexibility index (Phi) is 9.49. The number of nitrogens with zero attached hydrogens (tertiary/aromatic N) is 3. The number of hydrogen-bond acceptors (Lipinski definition) is 3. The highest BCUT2D eigenvalue weighted by atomic mass is 127. The number of ether oxygens (including phenoxy) is 1. The van der Waals surface area contributed by atoms with E-state index in [4.69, 9.17) is 4.74 Å². The zero-order chi connectivity index (χ0) is 15.9. The predicted octanol–water partition coefficient (Wildman–Crippen LogP) is 2.38. The third kappa shape index (κ3) is 6.86. The summed E-state index contributed by atoms with van der Waals surface area (Å²) < 4.78 is 31.5. The first-order valence-corrected chi connectivity index (χ1v) is 6.77. The lowest BCUT2D eigenvalue weighted by molar-refractivity contribution is 0.0268. The largest absolute Gasteiger partial charge is 0.377 e. The highest BCUT2D eigenvalue weighted by Crippen LogP contribution is 2.12. The number of alkyl halides is 2. The second-order valence-electron chi connectivity index (χ2n) is 5.04. The third-order valence-corrected chi connectivity index (χ3v) is 2.92. The molecule has 6 nitrogen and oxygen atoms in total. The van der Waals surface area contributed by atoms with Gasteiger partial charge < -0.3 is 15.4 Å². The van der Waals surface area contributed by atoms with E-state index in [1.165, 1.54) is 12.4 Å². The van der Waals surface area contributed by atoms with Gasteiger partial charge in [-0.2, -0.15) is 8.78 Å². The van der Waals surface area contributed by atoms with Crippen molar-refractivity contribution in [1.29, 1.82) is 0 Å². The summed E-state index contributed by atoms with van der Waals surface area (Å²) in [5.74, 6) is 0.750. The van der Waals surface area contributed by atoms with Gasteiger partial charge in [0.15, 0.2) is 5.96 Å². The van der Waals surface area contributed by atoms with E-state index in [0.717, 1.165) is 4.57 Å². The topological polar surface area (TPSA) is 63.5 Å². The fraction of sp³-hybridized carbons (Fsp3) is 0.692. The summed E-state index contributed by atoms with van der Waals surface area (Å²) in [4.78, 5) is 8.15. The van der Waals surface area contributed by atoms with Crippen LogP contribution in [0.4, 0.5) is 8.78 Å². The minimum atomic E-state index is -2.61. The molecule has 1 aromatic heterocycles. The standard InChI is InChI=1S/C13H23F2N5O.HI/c1-5-16-12(19-9-13(2,3)21-4)18-8-10-17-6-7-20(10)11(14)15;/h6-7,11H,5,8-9H2,1-4H3,(H2,16,18,19);1H. The number of nitrogens with one attached hydrogen (secondary N) is 2. The summed E-state index contributed by atoms with van der Waals surface area (Å²) in [7, 11) is 1.63. The number of methoxy groups -OCH3 is 1. The molecule has 9 heteroatoms. The van der Waals surface area contributed by atoms with E-state index >= 15 is 0 Å². The van der Waals surface area contributed by atoms with Gasteiger partial charge in [-0.15, -0.1) is 24.0 Å². The molecule has 0 unspecified atom stereocenters. The van der Waals surface area contributed by atoms with E-state index in [9.17, 15) is 8.78 Å². The Balaban J connectivity index is 0.00000441. The first-order valence-electron chi connectivity index (χ1n) is 6.77. The molecule has 0 amide bonds. The monoisotopic (exact) mass is 431 g/mol. The average Bonchev–Trinajstić information content (AvgIpc) is 2.90. The number of aliphatic imine (C=N–C) groups is 1. The molecule has 128 valence electrons. The van der Waals surface area contributed by atoms with Crippen LogP contribution in [0.25, 0.3) is 0 Å². The van der Waals surface area contributed by atoms with Crippen LogP contribution < -0.4 is 10.6 Å². The molecule has 0 aromatic carbocycles. The van der Waals surface area contributed by atoms with Gasteiger partial charge in [-0.05, 0) is 20.8 Å². The minimum Gasteiger partial charge on any atom is -0.377 e. The number of imidazole rings is 1. The maximum atomic E-state index is 12.7. The molecule has 1 heterocycles. The molecular formula is C13H24F2IN5O. The van der Waals surface area contributed by atoms with Crippen LogP contribution in [0.15, 0.2) is 17.4 Å². The van der Waals surface area contributed by atoms with Crippen molar-refractivity contribution in [2.45, 2.75) is 39.5 Å². The van der Waals surface area contributed by atoms with Crippen LogP contribution in [0.1, 0.15) is 33.1 Å². The van der Waals surface area contributed by atoms with Crippen molar-refractivity contribution in [1.82, 2.24) is 20.2 Å². The first kappa shape index (κ1) is 21.0. The molecule has 0 aliphatic rings. The average molecular weight is 431 g/mol. The predicted molar refractivity (Wildman–Crippen MR) is 92.8 cm³/mol. The van der Waals surface area contributed by atoms with E-state index in [-0.39, 0.29) is 41.9 Å². The summed E-state index contributed by atoms with van der Waals surface area (Å²) in [6, 6.07) is 0. The molecule has 1 aromatic rings. The van der Waals surface area contributed by atoms with Gasteiger partial charge >= 0.3 is 6.55 Å². The van der Waals surface area contributed by atoms with Crippen molar-refractivity contribution in [3.05, 3.63) is 18.2 Å². The Labute approximate surface area is 146 Å². The number of hydrogen-bond donors (Lipinski definition) is 2. The van der Waals surface area contributed by atoms with Gasteiger partial charge in [0.1, 0.15) is 12.4 Å². The van der Waals surface area contributed by atoms with Crippen LogP contribution in [-0.4, -0.2) is 41.3 Å². The molecule has 2 N–H and O–H groups in total. The van der Waals surface area contributed by atoms with Gasteiger partial charge in [0.2, 0.25) is 0 Å². The fourth-order valence-corrected chi connectivity index (χ4v) is 1.50. The summed E-state index contributed by atoms with van der Waals surface area (Å²) >= 11 is 0. The van der Waals surface area contributed by atoms with Crippen molar-refractivity contribution >= 4 is 29.9 Å². The Morgan fingerprint density at radius 3 is 2.68 bits per heavy atom. The third-order valence-electron chi connectivity index (χ3n) is 2.92. The molecule has 1 rings (SSSR count). The van der Waals surface area contributed by atoms with E-state index in [0.29, 0.717) is 19.0 Å². The fourth-order valence-electron chi connectivity index (χ4n) is 1.50. The number of halogens is 3. The molecule has 22 heavy (non-hydrogen) atoms. The first-order chi connectivity index (χ1) is 9.89. The van der Waals surface area contributed by atoms with Crippen molar-refractivity contribution in [2.24, 2.45) is 4.99 Å². The van der Waals surface area contributed by atoms with Gasteiger partial charge in [0.05, 0.1) is 5.60 Å². The van der Waals surface area contributed by atoms with E-state index in [2.05, 4.69) is 20.6 Å². The molecule has 0 aliphatic heterocycles. The van der Waals surface area contributed by atoms with Crippen LogP contribution in [-0.2, 0) is 11.3 Å². The highest BCUT2D eigenvalue weighted by Gasteiger charge is 2.16. The number of rotatable bonds is 7. The lowest BCUT2D eigenvalue weighted by atomic mass is 10.1. The molecular weight excluding hydrogens is 407 g/mol. The quantitative estimate of drug-likeness (QED) is 0.396. The van der Waals surface area contributed by atoms with Crippen molar-refractivity contribution < 1.29 is 13.5 Å². The molecule has 0 radical (unpaired) electrons. The Hall–Kier alpha value is -0.970. The van der Waals surface area contributed by atoms with Crippen LogP contribution in [0.5, 0.6) is 0 Å². The van der Waals surface area contributed by atoms with Gasteiger partial charge in [-0.3, -0.25) is 4.57 Å². The second-order valence-corrected chi connectivity index (χ2v) is 5.04. The molecule has 0 bridgehead atoms. The summed E-state index contributed by atoms with van der Waals surface area (Å²) in [5, 5.41) is 6.16. The molecule has 0 spiro atoms.